The van der Waals surface area contributed by atoms with Crippen molar-refractivity contribution in [1.29, 1.82) is 0 Å². The predicted molar refractivity (Wildman–Crippen MR) is 104 cm³/mol. The van der Waals surface area contributed by atoms with Crippen molar-refractivity contribution in [2.24, 2.45) is 0 Å². The fourth-order valence-corrected chi connectivity index (χ4v) is 3.15. The molecule has 1 amide bonds. The number of aliphatic hydroxyl groups excluding tert-OH is 1. The van der Waals surface area contributed by atoms with E-state index in [0.29, 0.717) is 11.3 Å². The van der Waals surface area contributed by atoms with Gasteiger partial charge < -0.3 is 34.2 Å². The first-order valence-electron chi connectivity index (χ1n) is 8.87. The molecule has 0 saturated heterocycles. The fraction of sp³-hybridized carbons (Fsp3) is 0.400. The molecular weight excluding hydrogens is 382 g/mol. The van der Waals surface area contributed by atoms with Crippen LogP contribution in [-0.2, 0) is 4.79 Å². The number of amides is 1. The summed E-state index contributed by atoms with van der Waals surface area (Å²) < 4.78 is 21.3. The molecule has 9 nitrogen and oxygen atoms in total. The van der Waals surface area contributed by atoms with E-state index in [2.05, 4.69) is 5.32 Å². The first-order chi connectivity index (χ1) is 13.9. The zero-order valence-corrected chi connectivity index (χ0v) is 16.8. The fourth-order valence-electron chi connectivity index (χ4n) is 3.15. The first kappa shape index (κ1) is 22.1. The third-order valence-electron chi connectivity index (χ3n) is 4.37. The number of hydrogen-bond acceptors (Lipinski definition) is 8. The van der Waals surface area contributed by atoms with Crippen LogP contribution in [0.4, 0.5) is 0 Å². The number of aromatic hydroxyl groups is 1. The van der Waals surface area contributed by atoms with Crippen LogP contribution < -0.4 is 25.2 Å². The molecule has 29 heavy (non-hydrogen) atoms. The van der Waals surface area contributed by atoms with E-state index in [1.165, 1.54) is 34.3 Å². The van der Waals surface area contributed by atoms with Crippen LogP contribution in [0.5, 0.6) is 23.0 Å². The highest BCUT2D eigenvalue weighted by Crippen LogP contribution is 2.45. The molecule has 0 saturated carbocycles. The second kappa shape index (κ2) is 9.83. The summed E-state index contributed by atoms with van der Waals surface area (Å²) in [5, 5.41) is 21.9. The van der Waals surface area contributed by atoms with Gasteiger partial charge in [0.1, 0.15) is 11.5 Å². The Morgan fingerprint density at radius 1 is 1.17 bits per heavy atom. The van der Waals surface area contributed by atoms with Gasteiger partial charge in [-0.2, -0.15) is 0 Å². The lowest BCUT2D eigenvalue weighted by atomic mass is 9.87. The van der Waals surface area contributed by atoms with Crippen molar-refractivity contribution in [3.8, 4) is 23.0 Å². The summed E-state index contributed by atoms with van der Waals surface area (Å²) in [5.41, 5.74) is -0.421. The molecule has 0 spiro atoms. The smallest absolute Gasteiger partial charge is 0.343 e. The minimum atomic E-state index is -0.903. The van der Waals surface area contributed by atoms with E-state index in [-0.39, 0.29) is 48.1 Å². The highest BCUT2D eigenvalue weighted by atomic mass is 16.5. The van der Waals surface area contributed by atoms with Crippen LogP contribution >= 0.6 is 0 Å². The van der Waals surface area contributed by atoms with E-state index >= 15 is 0 Å². The Morgan fingerprint density at radius 3 is 2.41 bits per heavy atom. The molecule has 0 aliphatic heterocycles. The Balaban J connectivity index is 2.69. The van der Waals surface area contributed by atoms with Gasteiger partial charge in [0.2, 0.25) is 11.7 Å². The zero-order chi connectivity index (χ0) is 21.6. The molecule has 0 aliphatic carbocycles. The molecule has 0 aliphatic rings. The van der Waals surface area contributed by atoms with Crippen LogP contribution in [0.1, 0.15) is 29.2 Å². The highest BCUT2D eigenvalue weighted by molar-refractivity contribution is 5.78. The zero-order valence-electron chi connectivity index (χ0n) is 16.8. The largest absolute Gasteiger partial charge is 0.507 e. The molecule has 2 aromatic rings. The molecule has 1 aromatic carbocycles. The number of carbonyl (C=O) groups is 1. The maximum atomic E-state index is 12.6. The van der Waals surface area contributed by atoms with E-state index in [9.17, 15) is 14.7 Å². The standard InChI is InChI=1S/C20H25NO8/c1-11-9-14(23)17(20(25)29-11)13(10-16(24)21-7-8-22)12-5-6-15(26-2)19(28-4)18(12)27-3/h5-6,9,13,22-23H,7-8,10H2,1-4H3,(H,21,24)/t13-/m1/s1. The van der Waals surface area contributed by atoms with Crippen molar-refractivity contribution in [2.45, 2.75) is 19.3 Å². The predicted octanol–water partition coefficient (Wildman–Crippen LogP) is 1.31. The first-order valence-corrected chi connectivity index (χ1v) is 8.87. The summed E-state index contributed by atoms with van der Waals surface area (Å²) in [6, 6.07) is 4.55. The van der Waals surface area contributed by atoms with E-state index in [0.717, 1.165) is 0 Å². The second-order valence-corrected chi connectivity index (χ2v) is 6.20. The summed E-state index contributed by atoms with van der Waals surface area (Å²) in [6.07, 6.45) is -0.201. The van der Waals surface area contributed by atoms with E-state index in [1.54, 1.807) is 12.1 Å². The van der Waals surface area contributed by atoms with E-state index < -0.39 is 17.5 Å². The van der Waals surface area contributed by atoms with Crippen LogP contribution in [0.3, 0.4) is 0 Å². The molecule has 1 aromatic heterocycles. The number of nitrogens with one attached hydrogen (secondary N) is 1. The molecular formula is C20H25NO8. The molecule has 1 atom stereocenters. The molecule has 3 N–H and O–H groups in total. The summed E-state index contributed by atoms with van der Waals surface area (Å²) in [7, 11) is 4.32. The van der Waals surface area contributed by atoms with Crippen LogP contribution in [0, 0.1) is 6.92 Å². The number of aryl methyl sites for hydroxylation is 1. The lowest BCUT2D eigenvalue weighted by molar-refractivity contribution is -0.121. The minimum Gasteiger partial charge on any atom is -0.507 e. The van der Waals surface area contributed by atoms with Gasteiger partial charge in [0.05, 0.1) is 33.5 Å². The maximum Gasteiger partial charge on any atom is 0.343 e. The van der Waals surface area contributed by atoms with Crippen molar-refractivity contribution in [3.05, 3.63) is 45.5 Å². The molecule has 9 heteroatoms. The van der Waals surface area contributed by atoms with Gasteiger partial charge in [-0.05, 0) is 13.0 Å². The molecule has 158 valence electrons. The Morgan fingerprint density at radius 2 is 1.86 bits per heavy atom. The van der Waals surface area contributed by atoms with Crippen molar-refractivity contribution >= 4 is 5.91 Å². The lowest BCUT2D eigenvalue weighted by Gasteiger charge is -2.22. The van der Waals surface area contributed by atoms with Gasteiger partial charge in [-0.3, -0.25) is 4.79 Å². The average Bonchev–Trinajstić information content (AvgIpc) is 2.69. The number of carbonyl (C=O) groups excluding carboxylic acids is 1. The number of methoxy groups -OCH3 is 3. The number of rotatable bonds is 9. The van der Waals surface area contributed by atoms with Crippen molar-refractivity contribution < 1.29 is 33.6 Å². The number of benzene rings is 1. The Hall–Kier alpha value is -3.20. The molecule has 2 rings (SSSR count). The molecule has 0 unspecified atom stereocenters. The Kier molecular flexibility index (Phi) is 7.49. The van der Waals surface area contributed by atoms with Gasteiger partial charge in [0.15, 0.2) is 11.5 Å². The summed E-state index contributed by atoms with van der Waals surface area (Å²) in [5.74, 6) is -0.456. The van der Waals surface area contributed by atoms with Crippen molar-refractivity contribution in [1.82, 2.24) is 5.32 Å². The normalized spacial score (nSPS) is 11.6. The van der Waals surface area contributed by atoms with Crippen LogP contribution in [0.2, 0.25) is 0 Å². The molecule has 1 heterocycles. The quantitative estimate of drug-likeness (QED) is 0.568. The third-order valence-corrected chi connectivity index (χ3v) is 4.37. The van der Waals surface area contributed by atoms with Crippen LogP contribution in [-0.4, -0.2) is 50.6 Å². The summed E-state index contributed by atoms with van der Waals surface area (Å²) in [6.45, 7) is 1.36. The Bertz CT molecular complexity index is 921. The number of hydrogen-bond donors (Lipinski definition) is 3. The van der Waals surface area contributed by atoms with Gasteiger partial charge in [0, 0.05) is 30.5 Å². The molecule has 0 bridgehead atoms. The highest BCUT2D eigenvalue weighted by Gasteiger charge is 2.30. The van der Waals surface area contributed by atoms with Crippen LogP contribution in [0.15, 0.2) is 27.4 Å². The molecule has 0 radical (unpaired) electrons. The van der Waals surface area contributed by atoms with Crippen molar-refractivity contribution in [3.63, 3.8) is 0 Å². The van der Waals surface area contributed by atoms with Gasteiger partial charge >= 0.3 is 5.63 Å². The second-order valence-electron chi connectivity index (χ2n) is 6.20. The summed E-state index contributed by atoms with van der Waals surface area (Å²) in [4.78, 5) is 24.9. The molecule has 0 fully saturated rings. The van der Waals surface area contributed by atoms with Crippen molar-refractivity contribution in [2.75, 3.05) is 34.5 Å². The lowest BCUT2D eigenvalue weighted by Crippen LogP contribution is -2.29. The van der Waals surface area contributed by atoms with Gasteiger partial charge in [-0.25, -0.2) is 4.79 Å². The third kappa shape index (κ3) is 4.80. The van der Waals surface area contributed by atoms with Crippen LogP contribution in [0.25, 0.3) is 0 Å². The number of aliphatic hydroxyl groups is 1. The van der Waals surface area contributed by atoms with Gasteiger partial charge in [0.25, 0.3) is 0 Å². The minimum absolute atomic E-state index is 0.0586. The Labute approximate surface area is 167 Å². The van der Waals surface area contributed by atoms with E-state index in [4.69, 9.17) is 23.7 Å². The average molecular weight is 407 g/mol. The topological polar surface area (TPSA) is 127 Å². The number of ether oxygens (including phenoxy) is 3. The van der Waals surface area contributed by atoms with Gasteiger partial charge in [-0.1, -0.05) is 6.07 Å². The SMILES string of the molecule is COc1ccc([C@@H](CC(=O)NCCO)c2c(O)cc(C)oc2=O)c(OC)c1OC. The monoisotopic (exact) mass is 407 g/mol. The maximum absolute atomic E-state index is 12.6. The summed E-state index contributed by atoms with van der Waals surface area (Å²) >= 11 is 0. The van der Waals surface area contributed by atoms with E-state index in [1.807, 2.05) is 0 Å². The van der Waals surface area contributed by atoms with Gasteiger partial charge in [-0.15, -0.1) is 0 Å².